The molecule has 0 atom stereocenters. The molecule has 0 aliphatic heterocycles. The largest absolute Gasteiger partial charge is 0.310 e. The molecule has 8 rings (SSSR count). The predicted molar refractivity (Wildman–Crippen MR) is 215 cm³/mol. The monoisotopic (exact) mass is 641 g/mol. The highest BCUT2D eigenvalue weighted by Gasteiger charge is 2.35. The Bertz CT molecular complexity index is 2390. The van der Waals surface area contributed by atoms with Crippen molar-refractivity contribution in [1.29, 1.82) is 0 Å². The molecule has 7 aromatic carbocycles. The Kier molecular flexibility index (Phi) is 8.11. The Morgan fingerprint density at radius 1 is 0.580 bits per heavy atom. The first kappa shape index (κ1) is 31.1. The number of benzene rings is 7. The van der Waals surface area contributed by atoms with Crippen LogP contribution < -0.4 is 4.90 Å². The molecule has 0 bridgehead atoms. The van der Waals surface area contributed by atoms with Crippen LogP contribution in [0.5, 0.6) is 0 Å². The molecule has 0 N–H and O–H groups in total. The normalized spacial score (nSPS) is 13.5. The fourth-order valence-electron chi connectivity index (χ4n) is 7.46. The molecule has 1 aliphatic carbocycles. The van der Waals surface area contributed by atoms with E-state index in [4.69, 9.17) is 0 Å². The summed E-state index contributed by atoms with van der Waals surface area (Å²) in [6.07, 6.45) is 6.55. The van der Waals surface area contributed by atoms with E-state index in [1.807, 2.05) is 6.08 Å². The molecule has 0 saturated heterocycles. The first-order valence-electron chi connectivity index (χ1n) is 17.3. The molecule has 0 fully saturated rings. The van der Waals surface area contributed by atoms with E-state index < -0.39 is 0 Å². The van der Waals surface area contributed by atoms with Crippen LogP contribution in [-0.4, -0.2) is 0 Å². The molecule has 1 heteroatoms. The van der Waals surface area contributed by atoms with Crippen molar-refractivity contribution in [3.05, 3.63) is 217 Å². The van der Waals surface area contributed by atoms with E-state index in [9.17, 15) is 0 Å². The highest BCUT2D eigenvalue weighted by molar-refractivity contribution is 5.99. The molecule has 0 unspecified atom stereocenters. The maximum absolute atomic E-state index is 4.41. The van der Waals surface area contributed by atoms with Crippen LogP contribution in [0.15, 0.2) is 194 Å². The van der Waals surface area contributed by atoms with Gasteiger partial charge in [-0.15, -0.1) is 0 Å². The lowest BCUT2D eigenvalue weighted by molar-refractivity contribution is 0.660. The van der Waals surface area contributed by atoms with Crippen LogP contribution in [0.4, 0.5) is 11.4 Å². The van der Waals surface area contributed by atoms with Gasteiger partial charge in [0.15, 0.2) is 0 Å². The summed E-state index contributed by atoms with van der Waals surface area (Å²) in [5, 5.41) is 2.39. The van der Waals surface area contributed by atoms with Crippen molar-refractivity contribution >= 4 is 33.8 Å². The zero-order chi connectivity index (χ0) is 34.1. The molecule has 50 heavy (non-hydrogen) atoms. The minimum absolute atomic E-state index is 0.120. The van der Waals surface area contributed by atoms with Crippen molar-refractivity contribution in [1.82, 2.24) is 0 Å². The third-order valence-corrected chi connectivity index (χ3v) is 10.1. The maximum atomic E-state index is 4.41. The van der Waals surface area contributed by atoms with Gasteiger partial charge in [-0.05, 0) is 91.9 Å². The van der Waals surface area contributed by atoms with Gasteiger partial charge in [0.25, 0.3) is 0 Å². The average Bonchev–Trinajstić information content (AvgIpc) is 3.40. The quantitative estimate of drug-likeness (QED) is 0.118. The number of hydrogen-bond donors (Lipinski definition) is 0. The van der Waals surface area contributed by atoms with E-state index >= 15 is 0 Å². The maximum Gasteiger partial charge on any atom is 0.0540 e. The predicted octanol–water partition coefficient (Wildman–Crippen LogP) is 13.3. The number of anilines is 2. The molecular formula is C49H39N. The van der Waals surface area contributed by atoms with Gasteiger partial charge in [-0.2, -0.15) is 0 Å². The van der Waals surface area contributed by atoms with Crippen molar-refractivity contribution in [2.75, 3.05) is 4.90 Å². The van der Waals surface area contributed by atoms with E-state index in [-0.39, 0.29) is 5.41 Å². The molecule has 1 nitrogen and oxygen atoms in total. The summed E-state index contributed by atoms with van der Waals surface area (Å²) in [5.41, 5.74) is 14.2. The van der Waals surface area contributed by atoms with Crippen LogP contribution in [0, 0.1) is 0 Å². The molecule has 240 valence electrons. The summed E-state index contributed by atoms with van der Waals surface area (Å²) in [7, 11) is 0. The lowest BCUT2D eigenvalue weighted by Gasteiger charge is -2.30. The van der Waals surface area contributed by atoms with Crippen molar-refractivity contribution < 1.29 is 0 Å². The third-order valence-electron chi connectivity index (χ3n) is 10.1. The minimum atomic E-state index is -0.120. The van der Waals surface area contributed by atoms with E-state index in [1.54, 1.807) is 0 Å². The van der Waals surface area contributed by atoms with Gasteiger partial charge in [-0.1, -0.05) is 172 Å². The second kappa shape index (κ2) is 13.0. The molecule has 0 radical (unpaired) electrons. The van der Waals surface area contributed by atoms with Crippen LogP contribution in [0.3, 0.4) is 0 Å². The molecule has 0 spiro atoms. The van der Waals surface area contributed by atoms with Gasteiger partial charge >= 0.3 is 0 Å². The van der Waals surface area contributed by atoms with Crippen LogP contribution in [0.1, 0.15) is 36.1 Å². The summed E-state index contributed by atoms with van der Waals surface area (Å²) in [4.78, 5) is 2.38. The zero-order valence-corrected chi connectivity index (χ0v) is 28.6. The first-order chi connectivity index (χ1) is 24.5. The molecular weight excluding hydrogens is 603 g/mol. The molecule has 0 amide bonds. The highest BCUT2D eigenvalue weighted by atomic mass is 15.1. The van der Waals surface area contributed by atoms with Crippen molar-refractivity contribution in [2.45, 2.75) is 19.3 Å². The minimum Gasteiger partial charge on any atom is -0.310 e. The Morgan fingerprint density at radius 2 is 1.22 bits per heavy atom. The number of nitrogens with zero attached hydrogens (tertiary/aromatic N) is 1. The Labute approximate surface area is 295 Å². The fourth-order valence-corrected chi connectivity index (χ4v) is 7.46. The van der Waals surface area contributed by atoms with Gasteiger partial charge in [-0.3, -0.25) is 0 Å². The van der Waals surface area contributed by atoms with Crippen LogP contribution in [0.25, 0.3) is 44.7 Å². The van der Waals surface area contributed by atoms with Crippen molar-refractivity contribution in [3.63, 3.8) is 0 Å². The van der Waals surface area contributed by atoms with Gasteiger partial charge < -0.3 is 4.90 Å². The average molecular weight is 642 g/mol. The Hall–Kier alpha value is -6.18. The smallest absolute Gasteiger partial charge is 0.0540 e. The van der Waals surface area contributed by atoms with Crippen molar-refractivity contribution in [2.24, 2.45) is 0 Å². The Balaban J connectivity index is 1.31. The molecule has 1 aliphatic rings. The van der Waals surface area contributed by atoms with Crippen LogP contribution >= 0.6 is 0 Å². The van der Waals surface area contributed by atoms with E-state index in [1.165, 1.54) is 44.2 Å². The van der Waals surface area contributed by atoms with Gasteiger partial charge in [0.1, 0.15) is 0 Å². The second-order valence-corrected chi connectivity index (χ2v) is 13.5. The number of allylic oxidation sites excluding steroid dienone is 3. The fraction of sp³-hybridized carbons (Fsp3) is 0.0612. The topological polar surface area (TPSA) is 3.24 Å². The van der Waals surface area contributed by atoms with E-state index in [0.717, 1.165) is 33.8 Å². The Morgan fingerprint density at radius 3 is 2.00 bits per heavy atom. The lowest BCUT2D eigenvalue weighted by atomic mass is 9.82. The standard InChI is InChI=1S/C49H39N/c1-4-41(33-40(37-18-9-6-10-19-37)32-35-26-28-38(29-27-35)36-16-7-5-8-17-36)50(48-25-15-21-39-20-11-12-22-43(39)48)42-30-31-45-44-23-13-14-24-46(44)49(2,3)47(45)34-42/h4-34H,1H2,2-3H3/b40-32-,41-33+. The van der Waals surface area contributed by atoms with Gasteiger partial charge in [0, 0.05) is 22.2 Å². The number of fused-ring (bicyclic) bond motifs is 4. The number of hydrogen-bond acceptors (Lipinski definition) is 1. The summed E-state index contributed by atoms with van der Waals surface area (Å²) in [6, 6.07) is 61.0. The highest BCUT2D eigenvalue weighted by Crippen LogP contribution is 2.50. The molecule has 0 saturated carbocycles. The van der Waals surface area contributed by atoms with Gasteiger partial charge in [0.2, 0.25) is 0 Å². The first-order valence-corrected chi connectivity index (χ1v) is 17.3. The van der Waals surface area contributed by atoms with Crippen LogP contribution in [-0.2, 0) is 5.41 Å². The van der Waals surface area contributed by atoms with Gasteiger partial charge in [-0.25, -0.2) is 0 Å². The third kappa shape index (κ3) is 5.67. The molecule has 7 aromatic rings. The van der Waals surface area contributed by atoms with Crippen molar-refractivity contribution in [3.8, 4) is 22.3 Å². The summed E-state index contributed by atoms with van der Waals surface area (Å²) < 4.78 is 0. The zero-order valence-electron chi connectivity index (χ0n) is 28.6. The molecule has 0 heterocycles. The lowest BCUT2D eigenvalue weighted by Crippen LogP contribution is -2.18. The number of rotatable bonds is 8. The summed E-state index contributed by atoms with van der Waals surface area (Å²) >= 11 is 0. The van der Waals surface area contributed by atoms with Gasteiger partial charge in [0.05, 0.1) is 5.69 Å². The van der Waals surface area contributed by atoms with E-state index in [2.05, 4.69) is 207 Å². The van der Waals surface area contributed by atoms with E-state index in [0.29, 0.717) is 0 Å². The second-order valence-electron chi connectivity index (χ2n) is 13.5. The SMILES string of the molecule is C=C/C(=C\C(=C\c1ccc(-c2ccccc2)cc1)c1ccccc1)N(c1ccc2c(c1)C(C)(C)c1ccccc1-2)c1cccc2ccccc12. The van der Waals surface area contributed by atoms with Crippen LogP contribution in [0.2, 0.25) is 0 Å². The summed E-state index contributed by atoms with van der Waals surface area (Å²) in [6.45, 7) is 9.09. The molecule has 0 aromatic heterocycles. The summed E-state index contributed by atoms with van der Waals surface area (Å²) in [5.74, 6) is 0.